The number of rotatable bonds is 5. The molecule has 1 aliphatic heterocycles. The van der Waals surface area contributed by atoms with Gasteiger partial charge in [0.1, 0.15) is 12.4 Å². The molecular weight excluding hydrogens is 356 g/mol. The van der Waals surface area contributed by atoms with Crippen molar-refractivity contribution in [3.05, 3.63) is 83.1 Å². The number of benzene rings is 2. The molecule has 8 heteroatoms. The van der Waals surface area contributed by atoms with Crippen molar-refractivity contribution in [2.24, 2.45) is 0 Å². The van der Waals surface area contributed by atoms with Gasteiger partial charge < -0.3 is 14.8 Å². The molecule has 2 aromatic carbocycles. The number of carbonyl (C=O) groups is 1. The van der Waals surface area contributed by atoms with Crippen molar-refractivity contribution in [3.63, 3.8) is 0 Å². The molecule has 0 bridgehead atoms. The molecule has 3 aromatic rings. The fraction of sp³-hybridized carbons (Fsp3) is 0.105. The number of cyclic esters (lactones) is 1. The van der Waals surface area contributed by atoms with Crippen LogP contribution in [0, 0.1) is 11.6 Å². The van der Waals surface area contributed by atoms with Gasteiger partial charge in [0.15, 0.2) is 11.6 Å². The van der Waals surface area contributed by atoms with E-state index in [-0.39, 0.29) is 24.3 Å². The van der Waals surface area contributed by atoms with Crippen molar-refractivity contribution in [1.29, 1.82) is 0 Å². The Morgan fingerprint density at radius 3 is 2.70 bits per heavy atom. The summed E-state index contributed by atoms with van der Waals surface area (Å²) in [5.74, 6) is -1.72. The molecule has 4 rings (SSSR count). The number of ether oxygens (including phenoxy) is 2. The molecule has 1 atom stereocenters. The summed E-state index contributed by atoms with van der Waals surface area (Å²) in [4.78, 5) is 19.6. The number of hydrogen-bond donors (Lipinski definition) is 1. The number of nitrogens with one attached hydrogen (secondary N) is 1. The van der Waals surface area contributed by atoms with E-state index >= 15 is 0 Å². The topological polar surface area (TPSA) is 73.3 Å². The van der Waals surface area contributed by atoms with Crippen molar-refractivity contribution >= 4 is 11.8 Å². The molecule has 0 saturated carbocycles. The highest BCUT2D eigenvalue weighted by Gasteiger charge is 2.31. The zero-order valence-corrected chi connectivity index (χ0v) is 13.9. The van der Waals surface area contributed by atoms with Crippen LogP contribution in [0.3, 0.4) is 0 Å². The molecule has 0 radical (unpaired) electrons. The molecule has 2 heterocycles. The van der Waals surface area contributed by atoms with Crippen molar-refractivity contribution in [2.45, 2.75) is 12.8 Å². The Balaban J connectivity index is 1.50. The molecule has 1 N–H and O–H groups in total. The molecule has 1 aromatic heterocycles. The summed E-state index contributed by atoms with van der Waals surface area (Å²) in [6.07, 6.45) is 0.0981. The Bertz CT molecular complexity index is 996. The molecule has 27 heavy (non-hydrogen) atoms. The number of halogens is 2. The van der Waals surface area contributed by atoms with E-state index in [4.69, 9.17) is 9.47 Å². The lowest BCUT2D eigenvalue weighted by molar-refractivity contribution is 0.0435. The molecule has 1 unspecified atom stereocenters. The van der Waals surface area contributed by atoms with E-state index in [9.17, 15) is 13.6 Å². The number of aromatic nitrogens is 2. The SMILES string of the molecule is O=C1OC(Nc2nc(OCc3ccc(F)cc3)ncc2F)c2ccccc21. The lowest BCUT2D eigenvalue weighted by Crippen LogP contribution is -2.13. The number of anilines is 1. The predicted molar refractivity (Wildman–Crippen MR) is 90.9 cm³/mol. The minimum Gasteiger partial charge on any atom is -0.459 e. The quantitative estimate of drug-likeness (QED) is 0.693. The van der Waals surface area contributed by atoms with Gasteiger partial charge >= 0.3 is 12.0 Å². The zero-order chi connectivity index (χ0) is 18.8. The number of hydrogen-bond acceptors (Lipinski definition) is 6. The molecule has 136 valence electrons. The van der Waals surface area contributed by atoms with E-state index in [0.29, 0.717) is 16.7 Å². The molecule has 1 aliphatic rings. The van der Waals surface area contributed by atoms with Gasteiger partial charge in [-0.25, -0.2) is 18.6 Å². The van der Waals surface area contributed by atoms with E-state index in [1.807, 2.05) is 0 Å². The van der Waals surface area contributed by atoms with Crippen LogP contribution < -0.4 is 10.1 Å². The van der Waals surface area contributed by atoms with Crippen LogP contribution in [0.25, 0.3) is 0 Å². The lowest BCUT2D eigenvalue weighted by Gasteiger charge is -2.14. The smallest absolute Gasteiger partial charge is 0.340 e. The summed E-state index contributed by atoms with van der Waals surface area (Å²) in [5.41, 5.74) is 1.71. The third kappa shape index (κ3) is 3.55. The van der Waals surface area contributed by atoms with Gasteiger partial charge in [-0.1, -0.05) is 30.3 Å². The maximum Gasteiger partial charge on any atom is 0.340 e. The zero-order valence-electron chi connectivity index (χ0n) is 13.9. The first-order valence-corrected chi connectivity index (χ1v) is 8.06. The minimum atomic E-state index is -0.858. The average Bonchev–Trinajstić information content (AvgIpc) is 3.00. The van der Waals surface area contributed by atoms with Gasteiger partial charge in [0.25, 0.3) is 0 Å². The van der Waals surface area contributed by atoms with Crippen molar-refractivity contribution < 1.29 is 23.0 Å². The van der Waals surface area contributed by atoms with E-state index in [2.05, 4.69) is 15.3 Å². The first-order chi connectivity index (χ1) is 13.1. The minimum absolute atomic E-state index is 0.0687. The van der Waals surface area contributed by atoms with Crippen molar-refractivity contribution in [3.8, 4) is 6.01 Å². The van der Waals surface area contributed by atoms with Gasteiger partial charge in [0.2, 0.25) is 6.23 Å². The Labute approximate surface area is 152 Å². The molecule has 0 spiro atoms. The second kappa shape index (κ2) is 6.99. The Morgan fingerprint density at radius 1 is 1.11 bits per heavy atom. The van der Waals surface area contributed by atoms with Crippen LogP contribution in [-0.2, 0) is 11.3 Å². The highest BCUT2D eigenvalue weighted by atomic mass is 19.1. The highest BCUT2D eigenvalue weighted by molar-refractivity contribution is 5.94. The molecule has 0 aliphatic carbocycles. The Morgan fingerprint density at radius 2 is 1.89 bits per heavy atom. The highest BCUT2D eigenvalue weighted by Crippen LogP contribution is 2.31. The largest absolute Gasteiger partial charge is 0.459 e. The summed E-state index contributed by atoms with van der Waals surface area (Å²) in [6, 6.07) is 12.5. The van der Waals surface area contributed by atoms with Gasteiger partial charge in [-0.15, -0.1) is 0 Å². The normalized spacial score (nSPS) is 15.2. The Hall–Kier alpha value is -3.55. The predicted octanol–water partition coefficient (Wildman–Crippen LogP) is 3.61. The molecular formula is C19H13F2N3O3. The van der Waals surface area contributed by atoms with Crippen LogP contribution >= 0.6 is 0 Å². The standard InChI is InChI=1S/C19H13F2N3O3/c20-12-7-5-11(6-8-12)10-26-19-22-9-15(21)16(24-19)23-17-13-3-1-2-4-14(13)18(25)27-17/h1-9,17H,10H2,(H,22,23,24). The van der Waals surface area contributed by atoms with E-state index in [1.165, 1.54) is 12.1 Å². The van der Waals surface area contributed by atoms with Crippen LogP contribution in [0.2, 0.25) is 0 Å². The first kappa shape index (κ1) is 16.9. The summed E-state index contributed by atoms with van der Waals surface area (Å²) >= 11 is 0. The van der Waals surface area contributed by atoms with Crippen LogP contribution in [0.1, 0.15) is 27.7 Å². The van der Waals surface area contributed by atoms with E-state index < -0.39 is 18.0 Å². The summed E-state index contributed by atoms with van der Waals surface area (Å²) < 4.78 is 37.6. The van der Waals surface area contributed by atoms with Crippen LogP contribution in [0.4, 0.5) is 14.6 Å². The van der Waals surface area contributed by atoms with Crippen molar-refractivity contribution in [2.75, 3.05) is 5.32 Å². The van der Waals surface area contributed by atoms with Crippen LogP contribution in [0.5, 0.6) is 6.01 Å². The average molecular weight is 369 g/mol. The maximum atomic E-state index is 14.1. The second-order valence-electron chi connectivity index (χ2n) is 5.78. The number of fused-ring (bicyclic) bond motifs is 1. The third-order valence-corrected chi connectivity index (χ3v) is 3.96. The summed E-state index contributed by atoms with van der Waals surface area (Å²) in [7, 11) is 0. The summed E-state index contributed by atoms with van der Waals surface area (Å²) in [5, 5.41) is 2.74. The van der Waals surface area contributed by atoms with E-state index in [1.54, 1.807) is 36.4 Å². The monoisotopic (exact) mass is 369 g/mol. The fourth-order valence-corrected chi connectivity index (χ4v) is 2.63. The molecule has 6 nitrogen and oxygen atoms in total. The number of carbonyl (C=O) groups excluding carboxylic acids is 1. The van der Waals surface area contributed by atoms with Gasteiger partial charge in [0.05, 0.1) is 11.8 Å². The second-order valence-corrected chi connectivity index (χ2v) is 5.78. The maximum absolute atomic E-state index is 14.1. The van der Waals surface area contributed by atoms with E-state index in [0.717, 1.165) is 6.20 Å². The van der Waals surface area contributed by atoms with Gasteiger partial charge in [-0.05, 0) is 23.8 Å². The van der Waals surface area contributed by atoms with Crippen LogP contribution in [-0.4, -0.2) is 15.9 Å². The third-order valence-electron chi connectivity index (χ3n) is 3.96. The lowest BCUT2D eigenvalue weighted by atomic mass is 10.1. The summed E-state index contributed by atoms with van der Waals surface area (Å²) in [6.45, 7) is 0.0899. The first-order valence-electron chi connectivity index (χ1n) is 8.06. The van der Waals surface area contributed by atoms with Gasteiger partial charge in [-0.3, -0.25) is 0 Å². The molecule has 0 fully saturated rings. The molecule has 0 amide bonds. The van der Waals surface area contributed by atoms with Gasteiger partial charge in [-0.2, -0.15) is 4.98 Å². The Kier molecular flexibility index (Phi) is 4.37. The fourth-order valence-electron chi connectivity index (χ4n) is 2.63. The number of esters is 1. The number of nitrogens with zero attached hydrogens (tertiary/aromatic N) is 2. The van der Waals surface area contributed by atoms with Crippen molar-refractivity contribution in [1.82, 2.24) is 9.97 Å². The van der Waals surface area contributed by atoms with Gasteiger partial charge in [0, 0.05) is 5.56 Å². The van der Waals surface area contributed by atoms with Crippen LogP contribution in [0.15, 0.2) is 54.7 Å². The molecule has 0 saturated heterocycles.